The normalized spacial score (nSPS) is 12.3. The van der Waals surface area contributed by atoms with Crippen LogP contribution in [0.2, 0.25) is 0 Å². The second kappa shape index (κ2) is 5.60. The van der Waals surface area contributed by atoms with Gasteiger partial charge in [0.2, 0.25) is 0 Å². The standard InChI is InChI=1S/C17H13F2NO2/c1-10(13-7-6-12(18)9-14(13)19)20-17(21)16-8-11-4-2-3-5-15(11)22-16/h2-10H,1H3,(H,20,21). The first kappa shape index (κ1) is 14.3. The van der Waals surface area contributed by atoms with Crippen molar-refractivity contribution in [2.45, 2.75) is 13.0 Å². The van der Waals surface area contributed by atoms with E-state index in [1.165, 1.54) is 6.07 Å². The van der Waals surface area contributed by atoms with Crippen LogP contribution in [0.15, 0.2) is 52.9 Å². The number of carbonyl (C=O) groups is 1. The van der Waals surface area contributed by atoms with E-state index in [1.807, 2.05) is 18.2 Å². The van der Waals surface area contributed by atoms with Crippen molar-refractivity contribution in [3.05, 3.63) is 71.5 Å². The molecule has 1 aromatic heterocycles. The summed E-state index contributed by atoms with van der Waals surface area (Å²) in [6.45, 7) is 1.62. The summed E-state index contributed by atoms with van der Waals surface area (Å²) in [6, 6.07) is 11.5. The van der Waals surface area contributed by atoms with E-state index in [9.17, 15) is 13.6 Å². The first-order valence-corrected chi connectivity index (χ1v) is 6.79. The van der Waals surface area contributed by atoms with Crippen LogP contribution in [0.4, 0.5) is 8.78 Å². The second-order valence-corrected chi connectivity index (χ2v) is 5.01. The van der Waals surface area contributed by atoms with Crippen LogP contribution in [0.1, 0.15) is 29.1 Å². The SMILES string of the molecule is CC(NC(=O)c1cc2ccccc2o1)c1ccc(F)cc1F. The summed E-state index contributed by atoms with van der Waals surface area (Å²) in [7, 11) is 0. The molecule has 0 saturated carbocycles. The van der Waals surface area contributed by atoms with Gasteiger partial charge in [0, 0.05) is 17.0 Å². The molecule has 3 rings (SSSR count). The van der Waals surface area contributed by atoms with Crippen molar-refractivity contribution in [1.29, 1.82) is 0 Å². The lowest BCUT2D eigenvalue weighted by Crippen LogP contribution is -2.26. The van der Waals surface area contributed by atoms with Crippen molar-refractivity contribution in [2.24, 2.45) is 0 Å². The van der Waals surface area contributed by atoms with E-state index >= 15 is 0 Å². The van der Waals surface area contributed by atoms with Gasteiger partial charge in [-0.05, 0) is 25.1 Å². The van der Waals surface area contributed by atoms with E-state index in [1.54, 1.807) is 19.1 Å². The molecule has 0 spiro atoms. The molecular weight excluding hydrogens is 288 g/mol. The minimum atomic E-state index is -0.697. The lowest BCUT2D eigenvalue weighted by Gasteiger charge is -2.14. The average molecular weight is 301 g/mol. The Kier molecular flexibility index (Phi) is 3.63. The number of fused-ring (bicyclic) bond motifs is 1. The van der Waals surface area contributed by atoms with Crippen LogP contribution in [-0.2, 0) is 0 Å². The number of furan rings is 1. The fraction of sp³-hybridized carbons (Fsp3) is 0.118. The smallest absolute Gasteiger partial charge is 0.287 e. The predicted octanol–water partition coefficient (Wildman–Crippen LogP) is 4.20. The molecule has 1 atom stereocenters. The molecule has 1 amide bonds. The van der Waals surface area contributed by atoms with Gasteiger partial charge in [-0.3, -0.25) is 4.79 Å². The maximum atomic E-state index is 13.7. The molecule has 1 unspecified atom stereocenters. The highest BCUT2D eigenvalue weighted by Crippen LogP contribution is 2.21. The maximum Gasteiger partial charge on any atom is 0.287 e. The Morgan fingerprint density at radius 1 is 1.14 bits per heavy atom. The molecule has 0 aliphatic carbocycles. The second-order valence-electron chi connectivity index (χ2n) is 5.01. The molecule has 2 aromatic carbocycles. The van der Waals surface area contributed by atoms with E-state index in [2.05, 4.69) is 5.32 Å². The minimum absolute atomic E-state index is 0.149. The summed E-state index contributed by atoms with van der Waals surface area (Å²) in [4.78, 5) is 12.2. The Bertz CT molecular complexity index is 809. The fourth-order valence-corrected chi connectivity index (χ4v) is 2.29. The molecule has 0 bridgehead atoms. The number of hydrogen-bond acceptors (Lipinski definition) is 2. The molecule has 1 heterocycles. The van der Waals surface area contributed by atoms with Crippen molar-refractivity contribution >= 4 is 16.9 Å². The zero-order valence-corrected chi connectivity index (χ0v) is 11.8. The third kappa shape index (κ3) is 2.70. The van der Waals surface area contributed by atoms with Crippen molar-refractivity contribution in [3.63, 3.8) is 0 Å². The van der Waals surface area contributed by atoms with E-state index in [4.69, 9.17) is 4.42 Å². The van der Waals surface area contributed by atoms with E-state index in [-0.39, 0.29) is 11.3 Å². The molecular formula is C17H13F2NO2. The number of carbonyl (C=O) groups excluding carboxylic acids is 1. The zero-order chi connectivity index (χ0) is 15.7. The molecule has 0 radical (unpaired) electrons. The summed E-state index contributed by atoms with van der Waals surface area (Å²) in [5.74, 6) is -1.66. The summed E-state index contributed by atoms with van der Waals surface area (Å²) in [5.41, 5.74) is 0.819. The third-order valence-corrected chi connectivity index (χ3v) is 3.43. The Hall–Kier alpha value is -2.69. The fourth-order valence-electron chi connectivity index (χ4n) is 2.29. The van der Waals surface area contributed by atoms with Gasteiger partial charge in [0.25, 0.3) is 5.91 Å². The van der Waals surface area contributed by atoms with Crippen LogP contribution in [0.3, 0.4) is 0 Å². The summed E-state index contributed by atoms with van der Waals surface area (Å²) in [5, 5.41) is 3.45. The molecule has 3 nitrogen and oxygen atoms in total. The molecule has 1 N–H and O–H groups in total. The highest BCUT2D eigenvalue weighted by Gasteiger charge is 2.18. The quantitative estimate of drug-likeness (QED) is 0.787. The highest BCUT2D eigenvalue weighted by molar-refractivity contribution is 5.96. The van der Waals surface area contributed by atoms with Crippen LogP contribution in [0.25, 0.3) is 11.0 Å². The molecule has 3 aromatic rings. The van der Waals surface area contributed by atoms with Crippen LogP contribution >= 0.6 is 0 Å². The molecule has 0 saturated heterocycles. The largest absolute Gasteiger partial charge is 0.451 e. The molecule has 0 aliphatic rings. The van der Waals surface area contributed by atoms with Crippen LogP contribution in [0, 0.1) is 11.6 Å². The average Bonchev–Trinajstić information content (AvgIpc) is 2.91. The van der Waals surface area contributed by atoms with Crippen LogP contribution < -0.4 is 5.32 Å². The van der Waals surface area contributed by atoms with Crippen molar-refractivity contribution < 1.29 is 18.0 Å². The molecule has 5 heteroatoms. The van der Waals surface area contributed by atoms with Gasteiger partial charge < -0.3 is 9.73 Å². The highest BCUT2D eigenvalue weighted by atomic mass is 19.1. The van der Waals surface area contributed by atoms with Gasteiger partial charge in [0.15, 0.2) is 5.76 Å². The number of hydrogen-bond donors (Lipinski definition) is 1. The predicted molar refractivity (Wildman–Crippen MR) is 78.5 cm³/mol. The van der Waals surface area contributed by atoms with Gasteiger partial charge in [0.05, 0.1) is 6.04 Å². The number of amides is 1. The lowest BCUT2D eigenvalue weighted by molar-refractivity contribution is 0.0913. The van der Waals surface area contributed by atoms with Gasteiger partial charge in [-0.1, -0.05) is 24.3 Å². The maximum absolute atomic E-state index is 13.7. The number of benzene rings is 2. The molecule has 0 aliphatic heterocycles. The zero-order valence-electron chi connectivity index (χ0n) is 11.8. The number of nitrogens with one attached hydrogen (secondary N) is 1. The summed E-state index contributed by atoms with van der Waals surface area (Å²) in [6.07, 6.45) is 0. The molecule has 0 fully saturated rings. The van der Waals surface area contributed by atoms with Crippen molar-refractivity contribution in [2.75, 3.05) is 0 Å². The van der Waals surface area contributed by atoms with Gasteiger partial charge in [-0.15, -0.1) is 0 Å². The van der Waals surface area contributed by atoms with Crippen LogP contribution in [0.5, 0.6) is 0 Å². The lowest BCUT2D eigenvalue weighted by atomic mass is 10.1. The van der Waals surface area contributed by atoms with Gasteiger partial charge >= 0.3 is 0 Å². The Labute approximate surface area is 125 Å². The van der Waals surface area contributed by atoms with Gasteiger partial charge in [0.1, 0.15) is 17.2 Å². The monoisotopic (exact) mass is 301 g/mol. The van der Waals surface area contributed by atoms with Gasteiger partial charge in [-0.25, -0.2) is 8.78 Å². The number of rotatable bonds is 3. The molecule has 22 heavy (non-hydrogen) atoms. The Morgan fingerprint density at radius 3 is 2.64 bits per heavy atom. The van der Waals surface area contributed by atoms with E-state index in [0.29, 0.717) is 5.58 Å². The number of halogens is 2. The van der Waals surface area contributed by atoms with E-state index in [0.717, 1.165) is 17.5 Å². The van der Waals surface area contributed by atoms with Gasteiger partial charge in [-0.2, -0.15) is 0 Å². The van der Waals surface area contributed by atoms with Crippen LogP contribution in [-0.4, -0.2) is 5.91 Å². The Balaban J connectivity index is 1.81. The van der Waals surface area contributed by atoms with Crippen molar-refractivity contribution in [3.8, 4) is 0 Å². The topological polar surface area (TPSA) is 42.2 Å². The first-order chi connectivity index (χ1) is 10.5. The van der Waals surface area contributed by atoms with Crippen molar-refractivity contribution in [1.82, 2.24) is 5.32 Å². The third-order valence-electron chi connectivity index (χ3n) is 3.43. The summed E-state index contributed by atoms with van der Waals surface area (Å²) >= 11 is 0. The Morgan fingerprint density at radius 2 is 1.91 bits per heavy atom. The number of para-hydroxylation sites is 1. The summed E-state index contributed by atoms with van der Waals surface area (Å²) < 4.78 is 32.1. The molecule has 112 valence electrons. The van der Waals surface area contributed by atoms with E-state index < -0.39 is 23.6 Å². The minimum Gasteiger partial charge on any atom is -0.451 e. The first-order valence-electron chi connectivity index (χ1n) is 6.79.